The van der Waals surface area contributed by atoms with E-state index < -0.39 is 5.91 Å². The second-order valence-electron chi connectivity index (χ2n) is 4.77. The minimum absolute atomic E-state index is 0.00372. The number of hydrogen-bond donors (Lipinski definition) is 1. The Hall–Kier alpha value is -2.19. The van der Waals surface area contributed by atoms with Crippen molar-refractivity contribution >= 4 is 23.6 Å². The van der Waals surface area contributed by atoms with Gasteiger partial charge in [0.15, 0.2) is 11.5 Å². The summed E-state index contributed by atoms with van der Waals surface area (Å²) in [6, 6.07) is 5.12. The third-order valence-corrected chi connectivity index (χ3v) is 2.92. The molecule has 0 aliphatic carbocycles. The van der Waals surface area contributed by atoms with Crippen molar-refractivity contribution in [1.82, 2.24) is 5.32 Å². The number of methoxy groups -OCH3 is 1. The van der Waals surface area contributed by atoms with Gasteiger partial charge in [-0.05, 0) is 44.5 Å². The summed E-state index contributed by atoms with van der Waals surface area (Å²) in [4.78, 5) is 11.9. The number of carbonyl (C=O) groups excluding carboxylic acids is 1. The number of ether oxygens (including phenoxy) is 2. The monoisotopic (exact) mass is 322 g/mol. The lowest BCUT2D eigenvalue weighted by molar-refractivity contribution is -0.117. The Kier molecular flexibility index (Phi) is 6.74. The smallest absolute Gasteiger partial charge is 0.262 e. The number of nitrogens with one attached hydrogen (secondary N) is 1. The molecule has 1 aromatic rings. The van der Waals surface area contributed by atoms with Crippen LogP contribution in [0.3, 0.4) is 0 Å². The van der Waals surface area contributed by atoms with E-state index in [-0.39, 0.29) is 11.6 Å². The summed E-state index contributed by atoms with van der Waals surface area (Å²) in [7, 11) is 1.50. The summed E-state index contributed by atoms with van der Waals surface area (Å²) in [5.74, 6) is 0.456. The van der Waals surface area contributed by atoms with Gasteiger partial charge in [-0.3, -0.25) is 4.79 Å². The molecule has 0 aliphatic rings. The van der Waals surface area contributed by atoms with Crippen LogP contribution in [0.25, 0.3) is 6.08 Å². The summed E-state index contributed by atoms with van der Waals surface area (Å²) in [6.07, 6.45) is 1.46. The summed E-state index contributed by atoms with van der Waals surface area (Å²) in [5, 5.41) is 12.2. The molecule has 0 fully saturated rings. The number of nitriles is 1. The molecule has 0 radical (unpaired) electrons. The maximum absolute atomic E-state index is 11.9. The number of benzene rings is 1. The highest BCUT2D eigenvalue weighted by atomic mass is 35.5. The Labute approximate surface area is 135 Å². The molecule has 1 N–H and O–H groups in total. The van der Waals surface area contributed by atoms with Crippen LogP contribution in [-0.2, 0) is 4.79 Å². The average Bonchev–Trinajstić information content (AvgIpc) is 2.46. The van der Waals surface area contributed by atoms with Gasteiger partial charge in [-0.25, -0.2) is 0 Å². The second kappa shape index (κ2) is 8.30. The predicted molar refractivity (Wildman–Crippen MR) is 86.0 cm³/mol. The molecule has 0 aromatic heterocycles. The van der Waals surface area contributed by atoms with Crippen LogP contribution in [0.5, 0.6) is 11.5 Å². The van der Waals surface area contributed by atoms with Crippen LogP contribution in [0.1, 0.15) is 26.3 Å². The van der Waals surface area contributed by atoms with Crippen molar-refractivity contribution in [3.63, 3.8) is 0 Å². The van der Waals surface area contributed by atoms with Crippen molar-refractivity contribution in [3.05, 3.63) is 28.3 Å². The SMILES string of the molecule is CCOc1c(Cl)cc(/C=C(\C#N)C(=O)NC(C)C)cc1OC. The molecular formula is C16H19ClN2O3. The van der Waals surface area contributed by atoms with Gasteiger partial charge in [-0.15, -0.1) is 0 Å². The highest BCUT2D eigenvalue weighted by molar-refractivity contribution is 6.32. The number of hydrogen-bond acceptors (Lipinski definition) is 4. The van der Waals surface area contributed by atoms with Crippen LogP contribution in [-0.4, -0.2) is 25.7 Å². The summed E-state index contributed by atoms with van der Waals surface area (Å²) in [6.45, 7) is 5.94. The fourth-order valence-corrected chi connectivity index (χ4v) is 2.04. The fraction of sp³-hybridized carbons (Fsp3) is 0.375. The van der Waals surface area contributed by atoms with Gasteiger partial charge in [0.1, 0.15) is 11.6 Å². The largest absolute Gasteiger partial charge is 0.493 e. The van der Waals surface area contributed by atoms with E-state index in [0.717, 1.165) is 0 Å². The second-order valence-corrected chi connectivity index (χ2v) is 5.17. The highest BCUT2D eigenvalue weighted by Crippen LogP contribution is 2.36. The van der Waals surface area contributed by atoms with Gasteiger partial charge in [-0.1, -0.05) is 11.6 Å². The molecule has 118 valence electrons. The van der Waals surface area contributed by atoms with Crippen molar-refractivity contribution in [2.45, 2.75) is 26.8 Å². The van der Waals surface area contributed by atoms with E-state index in [0.29, 0.717) is 28.7 Å². The molecule has 5 nitrogen and oxygen atoms in total. The molecule has 0 saturated carbocycles. The molecule has 6 heteroatoms. The quantitative estimate of drug-likeness (QED) is 0.645. The third-order valence-electron chi connectivity index (χ3n) is 2.64. The number of halogens is 1. The number of nitrogens with zero attached hydrogens (tertiary/aromatic N) is 1. The van der Waals surface area contributed by atoms with Crippen molar-refractivity contribution in [1.29, 1.82) is 5.26 Å². The summed E-state index contributed by atoms with van der Waals surface area (Å²) >= 11 is 6.16. The van der Waals surface area contributed by atoms with Crippen molar-refractivity contribution in [3.8, 4) is 17.6 Å². The van der Waals surface area contributed by atoms with E-state index in [4.69, 9.17) is 26.3 Å². The first-order valence-corrected chi connectivity index (χ1v) is 7.23. The van der Waals surface area contributed by atoms with Crippen molar-refractivity contribution in [2.24, 2.45) is 0 Å². The Morgan fingerprint density at radius 3 is 2.68 bits per heavy atom. The van der Waals surface area contributed by atoms with E-state index in [9.17, 15) is 4.79 Å². The lowest BCUT2D eigenvalue weighted by Crippen LogP contribution is -2.30. The zero-order valence-electron chi connectivity index (χ0n) is 13.1. The van der Waals surface area contributed by atoms with E-state index in [1.165, 1.54) is 13.2 Å². The van der Waals surface area contributed by atoms with Gasteiger partial charge < -0.3 is 14.8 Å². The van der Waals surface area contributed by atoms with Crippen molar-refractivity contribution < 1.29 is 14.3 Å². The van der Waals surface area contributed by atoms with E-state index in [2.05, 4.69) is 5.32 Å². The topological polar surface area (TPSA) is 71.3 Å². The van der Waals surface area contributed by atoms with Crippen LogP contribution in [0.2, 0.25) is 5.02 Å². The Balaban J connectivity index is 3.21. The van der Waals surface area contributed by atoms with Gasteiger partial charge in [-0.2, -0.15) is 5.26 Å². The maximum atomic E-state index is 11.9. The zero-order chi connectivity index (χ0) is 16.7. The Morgan fingerprint density at radius 2 is 2.18 bits per heavy atom. The summed E-state index contributed by atoms with van der Waals surface area (Å²) in [5.41, 5.74) is 0.580. The van der Waals surface area contributed by atoms with E-state index in [1.54, 1.807) is 12.1 Å². The minimum Gasteiger partial charge on any atom is -0.493 e. The first-order chi connectivity index (χ1) is 10.4. The minimum atomic E-state index is -0.429. The molecule has 22 heavy (non-hydrogen) atoms. The lowest BCUT2D eigenvalue weighted by Gasteiger charge is -2.12. The third kappa shape index (κ3) is 4.68. The van der Waals surface area contributed by atoms with Gasteiger partial charge >= 0.3 is 0 Å². The number of amides is 1. The molecule has 1 aromatic carbocycles. The van der Waals surface area contributed by atoms with Crippen LogP contribution in [0, 0.1) is 11.3 Å². The van der Waals surface area contributed by atoms with Crippen molar-refractivity contribution in [2.75, 3.05) is 13.7 Å². The fourth-order valence-electron chi connectivity index (χ4n) is 1.76. The van der Waals surface area contributed by atoms with Gasteiger partial charge in [0, 0.05) is 6.04 Å². The number of carbonyl (C=O) groups is 1. The van der Waals surface area contributed by atoms with Gasteiger partial charge in [0.25, 0.3) is 5.91 Å². The normalized spacial score (nSPS) is 11.0. The molecule has 0 unspecified atom stereocenters. The Morgan fingerprint density at radius 1 is 1.50 bits per heavy atom. The van der Waals surface area contributed by atoms with Crippen LogP contribution >= 0.6 is 11.6 Å². The molecule has 0 saturated heterocycles. The molecule has 0 spiro atoms. The lowest BCUT2D eigenvalue weighted by atomic mass is 10.1. The maximum Gasteiger partial charge on any atom is 0.262 e. The molecule has 0 aliphatic heterocycles. The molecule has 0 atom stereocenters. The molecule has 0 bridgehead atoms. The average molecular weight is 323 g/mol. The molecule has 1 amide bonds. The van der Waals surface area contributed by atoms with Crippen LogP contribution in [0.15, 0.2) is 17.7 Å². The zero-order valence-corrected chi connectivity index (χ0v) is 13.8. The summed E-state index contributed by atoms with van der Waals surface area (Å²) < 4.78 is 10.7. The first-order valence-electron chi connectivity index (χ1n) is 6.85. The van der Waals surface area contributed by atoms with Gasteiger partial charge in [0.05, 0.1) is 18.7 Å². The Bertz CT molecular complexity index is 619. The first kappa shape index (κ1) is 17.9. The highest BCUT2D eigenvalue weighted by Gasteiger charge is 2.14. The van der Waals surface area contributed by atoms with E-state index >= 15 is 0 Å². The predicted octanol–water partition coefficient (Wildman–Crippen LogP) is 3.18. The van der Waals surface area contributed by atoms with Crippen LogP contribution < -0.4 is 14.8 Å². The standard InChI is InChI=1S/C16H19ClN2O3/c1-5-22-15-13(17)7-11(8-14(15)21-4)6-12(9-18)16(20)19-10(2)3/h6-8,10H,5H2,1-4H3,(H,19,20)/b12-6+. The molecule has 1 rings (SSSR count). The number of rotatable bonds is 6. The molecular weight excluding hydrogens is 304 g/mol. The van der Waals surface area contributed by atoms with E-state index in [1.807, 2.05) is 26.8 Å². The molecule has 0 heterocycles. The van der Waals surface area contributed by atoms with Crippen LogP contribution in [0.4, 0.5) is 0 Å². The van der Waals surface area contributed by atoms with Gasteiger partial charge in [0.2, 0.25) is 0 Å².